The molecule has 1 spiro atoms. The lowest BCUT2D eigenvalue weighted by Gasteiger charge is -2.28. The summed E-state index contributed by atoms with van der Waals surface area (Å²) in [4.78, 5) is 13.2. The van der Waals surface area contributed by atoms with Crippen molar-refractivity contribution in [3.63, 3.8) is 0 Å². The van der Waals surface area contributed by atoms with Crippen LogP contribution in [0.5, 0.6) is 0 Å². The molecule has 10 aromatic carbocycles. The first-order valence-electron chi connectivity index (χ1n) is 21.9. The Morgan fingerprint density at radius 3 is 2.30 bits per heavy atom. The minimum absolute atomic E-state index is 0.0145. The zero-order valence-corrected chi connectivity index (χ0v) is 31.4. The van der Waals surface area contributed by atoms with Crippen molar-refractivity contribution in [3.05, 3.63) is 104 Å². The molecular formula is C54H36O2. The Morgan fingerprint density at radius 2 is 1.45 bits per heavy atom. The summed E-state index contributed by atoms with van der Waals surface area (Å²) < 4.78 is 5.77. The Morgan fingerprint density at radius 1 is 0.732 bits per heavy atom. The Bertz CT molecular complexity index is 3750. The predicted octanol–water partition coefficient (Wildman–Crippen LogP) is 12.0. The van der Waals surface area contributed by atoms with Gasteiger partial charge in [-0.05, 0) is 204 Å². The van der Waals surface area contributed by atoms with E-state index in [1.54, 1.807) is 147 Å². The molecule has 56 heavy (non-hydrogen) atoms. The molecule has 10 aromatic rings. The van der Waals surface area contributed by atoms with Gasteiger partial charge >= 0.3 is 5.97 Å². The molecule has 18 rings (SSSR count). The van der Waals surface area contributed by atoms with Crippen molar-refractivity contribution in [1.82, 2.24) is 0 Å². The number of unbranched alkanes of at least 4 members (excludes halogenated alkanes) is 1. The number of benzene rings is 7. The van der Waals surface area contributed by atoms with Crippen molar-refractivity contribution in [3.8, 4) is 0 Å². The topological polar surface area (TPSA) is 26.3 Å². The van der Waals surface area contributed by atoms with Gasteiger partial charge in [0.05, 0.1) is 6.61 Å². The molecule has 0 saturated heterocycles. The maximum Gasteiger partial charge on any atom is 0.305 e. The van der Waals surface area contributed by atoms with Gasteiger partial charge in [-0.3, -0.25) is 4.79 Å². The van der Waals surface area contributed by atoms with Crippen LogP contribution < -0.4 is 5.22 Å². The van der Waals surface area contributed by atoms with E-state index in [0.717, 1.165) is 38.5 Å². The normalized spacial score (nSPS) is 27.6. The quantitative estimate of drug-likeness (QED) is 0.0889. The van der Waals surface area contributed by atoms with E-state index in [-0.39, 0.29) is 16.8 Å². The first kappa shape index (κ1) is 27.4. The van der Waals surface area contributed by atoms with E-state index in [0.29, 0.717) is 30.8 Å². The standard InChI is InChI=1S/C54H36O2/c1-2-3-12-56-30(55)10-7-11-53(28-8-5-4-6-9-28)52-29-19-26-17-23-15-24-14-21-13-22-16-25-18-27-20-54(52,53)51-37(27)42-36(25)41-32(22)31(21)39-35(24)40-33(23)34(26)43-38(29)50(51)49-47(42)45(41)44(39)46(40)48(43)49/h4-6,8-9,15,18-19,22,27,52H,2-3,7,10-14,16-17,20H2,1H3. The highest BCUT2D eigenvalue weighted by Crippen LogP contribution is 2.87. The molecule has 1 saturated carbocycles. The van der Waals surface area contributed by atoms with Crippen LogP contribution >= 0.6 is 0 Å². The molecule has 8 aliphatic rings. The number of fused-ring (bicyclic) bond motifs is 1. The van der Waals surface area contributed by atoms with Crippen molar-refractivity contribution in [2.24, 2.45) is 0 Å². The van der Waals surface area contributed by atoms with Crippen LogP contribution in [0, 0.1) is 0 Å². The third kappa shape index (κ3) is 2.24. The van der Waals surface area contributed by atoms with Gasteiger partial charge in [0.1, 0.15) is 0 Å². The van der Waals surface area contributed by atoms with Crippen molar-refractivity contribution < 1.29 is 9.53 Å². The van der Waals surface area contributed by atoms with Gasteiger partial charge in [-0.15, -0.1) is 0 Å². The molecule has 2 heteroatoms. The van der Waals surface area contributed by atoms with Crippen LogP contribution in [0.1, 0.15) is 126 Å². The molecule has 5 atom stereocenters. The van der Waals surface area contributed by atoms with Crippen LogP contribution in [-0.4, -0.2) is 12.6 Å². The van der Waals surface area contributed by atoms with Gasteiger partial charge in [-0.2, -0.15) is 0 Å². The van der Waals surface area contributed by atoms with E-state index in [1.165, 1.54) is 24.8 Å². The molecule has 0 N–H and O–H groups in total. The van der Waals surface area contributed by atoms with E-state index in [4.69, 9.17) is 4.74 Å². The molecule has 1 fully saturated rings. The van der Waals surface area contributed by atoms with Gasteiger partial charge in [-0.1, -0.05) is 67.5 Å². The molecule has 5 unspecified atom stereocenters. The lowest BCUT2D eigenvalue weighted by molar-refractivity contribution is -0.143. The van der Waals surface area contributed by atoms with Crippen LogP contribution in [0.25, 0.3) is 97.3 Å². The zero-order chi connectivity index (χ0) is 35.6. The molecule has 0 aliphatic heterocycles. The summed E-state index contributed by atoms with van der Waals surface area (Å²) in [6.07, 6.45) is 13.1. The predicted molar refractivity (Wildman–Crippen MR) is 227 cm³/mol. The summed E-state index contributed by atoms with van der Waals surface area (Å²) in [6, 6.07) is 17.2. The van der Waals surface area contributed by atoms with Crippen LogP contribution in [0.15, 0.2) is 48.5 Å². The fraction of sp³-hybridized carbons (Fsp3) is 0.315. The number of rotatable bonds is 8. The third-order valence-electron chi connectivity index (χ3n) is 18.4. The molecule has 0 radical (unpaired) electrons. The number of allylic oxidation sites excluding steroid dienone is 2. The average Bonchev–Trinajstić information content (AvgIpc) is 3.89. The first-order valence-corrected chi connectivity index (χ1v) is 21.9. The lowest BCUT2D eigenvalue weighted by atomic mass is 9.75. The Kier molecular flexibility index (Phi) is 3.85. The molecule has 0 bridgehead atoms. The van der Waals surface area contributed by atoms with Crippen molar-refractivity contribution >= 4 is 103 Å². The summed E-state index contributed by atoms with van der Waals surface area (Å²) >= 11 is 0. The third-order valence-corrected chi connectivity index (χ3v) is 18.4. The van der Waals surface area contributed by atoms with Crippen molar-refractivity contribution in [2.75, 3.05) is 6.61 Å². The number of esters is 1. The highest BCUT2D eigenvalue weighted by Gasteiger charge is 2.81. The second kappa shape index (κ2) is 7.86. The zero-order valence-electron chi connectivity index (χ0n) is 31.4. The summed E-state index contributed by atoms with van der Waals surface area (Å²) in [5.41, 5.74) is 18.3. The van der Waals surface area contributed by atoms with E-state index in [2.05, 4.69) is 55.5 Å². The largest absolute Gasteiger partial charge is 0.466 e. The summed E-state index contributed by atoms with van der Waals surface area (Å²) in [5, 5.41) is 28.1. The Balaban J connectivity index is 1.06. The number of carbonyl (C=O) groups is 1. The number of carbonyl (C=O) groups excluding carboxylic acids is 1. The number of ether oxygens (including phenoxy) is 1. The lowest BCUT2D eigenvalue weighted by Crippen LogP contribution is -2.21. The SMILES string of the molecule is CCCCOC(=O)CCCC1(c2ccccc2)C2c3cc4c5c6c(cc7c8c9c%10c%11c%12c%13c%14c%15c(c%16c3c5c3c%16c%14c%12c9c3c68)C21CC%15C=C%13CC%11CC=%10C7)C4. The highest BCUT2D eigenvalue weighted by molar-refractivity contribution is 6.60. The fourth-order valence-electron chi connectivity index (χ4n) is 17.3. The number of hydrogen-bond donors (Lipinski definition) is 0. The second-order valence-electron chi connectivity index (χ2n) is 20.0. The molecular weight excluding hydrogens is 681 g/mol. The van der Waals surface area contributed by atoms with Crippen LogP contribution in [0.3, 0.4) is 0 Å². The number of hydrogen-bond acceptors (Lipinski definition) is 2. The molecule has 264 valence electrons. The van der Waals surface area contributed by atoms with Crippen LogP contribution in [0.4, 0.5) is 0 Å². The average molecular weight is 717 g/mol. The molecule has 8 aliphatic carbocycles. The smallest absolute Gasteiger partial charge is 0.305 e. The van der Waals surface area contributed by atoms with Crippen molar-refractivity contribution in [1.29, 1.82) is 0 Å². The maximum atomic E-state index is 13.2. The van der Waals surface area contributed by atoms with E-state index in [1.807, 2.05) is 0 Å². The summed E-state index contributed by atoms with van der Waals surface area (Å²) in [5.74, 6) is 1.48. The molecule has 0 aromatic heterocycles. The van der Waals surface area contributed by atoms with Gasteiger partial charge in [-0.25, -0.2) is 0 Å². The maximum absolute atomic E-state index is 13.2. The van der Waals surface area contributed by atoms with Gasteiger partial charge in [0.15, 0.2) is 0 Å². The summed E-state index contributed by atoms with van der Waals surface area (Å²) in [7, 11) is 0. The Labute approximate surface area is 321 Å². The molecule has 0 amide bonds. The first-order chi connectivity index (χ1) is 27.7. The second-order valence-corrected chi connectivity index (χ2v) is 20.0. The van der Waals surface area contributed by atoms with Gasteiger partial charge in [0, 0.05) is 29.1 Å². The minimum Gasteiger partial charge on any atom is -0.466 e. The minimum atomic E-state index is -0.0524. The summed E-state index contributed by atoms with van der Waals surface area (Å²) in [6.45, 7) is 2.71. The fourth-order valence-corrected chi connectivity index (χ4v) is 17.3. The van der Waals surface area contributed by atoms with Gasteiger partial charge in [0.2, 0.25) is 0 Å². The van der Waals surface area contributed by atoms with E-state index in [9.17, 15) is 4.79 Å². The van der Waals surface area contributed by atoms with Crippen molar-refractivity contribution in [2.45, 2.75) is 99.7 Å². The Hall–Kier alpha value is -5.21. The van der Waals surface area contributed by atoms with Gasteiger partial charge < -0.3 is 4.74 Å². The van der Waals surface area contributed by atoms with Crippen LogP contribution in [0.2, 0.25) is 0 Å². The molecule has 2 nitrogen and oxygen atoms in total. The van der Waals surface area contributed by atoms with Crippen LogP contribution in [-0.2, 0) is 33.2 Å². The highest BCUT2D eigenvalue weighted by atomic mass is 16.5. The van der Waals surface area contributed by atoms with E-state index < -0.39 is 0 Å². The van der Waals surface area contributed by atoms with Gasteiger partial charge in [0.25, 0.3) is 0 Å². The molecule has 0 heterocycles. The monoisotopic (exact) mass is 716 g/mol. The van der Waals surface area contributed by atoms with E-state index >= 15 is 0 Å².